The van der Waals surface area contributed by atoms with Crippen molar-refractivity contribution in [3.8, 4) is 0 Å². The maximum absolute atomic E-state index is 4.51. The summed E-state index contributed by atoms with van der Waals surface area (Å²) < 4.78 is 2.35. The fourth-order valence-electron chi connectivity index (χ4n) is 2.19. The lowest BCUT2D eigenvalue weighted by molar-refractivity contribution is 0.516. The van der Waals surface area contributed by atoms with E-state index in [0.29, 0.717) is 0 Å². The van der Waals surface area contributed by atoms with E-state index in [-0.39, 0.29) is 0 Å². The van der Waals surface area contributed by atoms with Gasteiger partial charge < -0.3 is 9.88 Å². The average molecular weight is 233 g/mol. The number of hydrogen-bond acceptors (Lipinski definition) is 3. The maximum atomic E-state index is 4.51. The predicted molar refractivity (Wildman–Crippen MR) is 65.8 cm³/mol. The molecule has 0 atom stereocenters. The van der Waals surface area contributed by atoms with Crippen molar-refractivity contribution < 1.29 is 0 Å². The van der Waals surface area contributed by atoms with Gasteiger partial charge in [-0.2, -0.15) is 0 Å². The highest BCUT2D eigenvalue weighted by atomic mass is 32.1. The van der Waals surface area contributed by atoms with E-state index in [1.165, 1.54) is 17.0 Å². The van der Waals surface area contributed by atoms with Gasteiger partial charge in [0.2, 0.25) is 0 Å². The van der Waals surface area contributed by atoms with Gasteiger partial charge in [-0.3, -0.25) is 0 Å². The monoisotopic (exact) mass is 233 g/mol. The van der Waals surface area contributed by atoms with E-state index in [0.717, 1.165) is 31.1 Å². The molecule has 0 radical (unpaired) electrons. The zero-order chi connectivity index (χ0) is 11.0. The Morgan fingerprint density at radius 3 is 3.25 bits per heavy atom. The molecular weight excluding hydrogens is 218 g/mol. The second-order valence-electron chi connectivity index (χ2n) is 4.24. The lowest BCUT2D eigenvalue weighted by Crippen LogP contribution is -2.27. The van der Waals surface area contributed by atoms with Crippen molar-refractivity contribution in [1.29, 1.82) is 0 Å². The van der Waals surface area contributed by atoms with Crippen LogP contribution in [0.2, 0.25) is 0 Å². The molecule has 0 saturated carbocycles. The highest BCUT2D eigenvalue weighted by Gasteiger charge is 2.10. The van der Waals surface area contributed by atoms with Gasteiger partial charge in [0.25, 0.3) is 0 Å². The highest BCUT2D eigenvalue weighted by Crippen LogP contribution is 2.17. The van der Waals surface area contributed by atoms with Crippen LogP contribution < -0.4 is 5.32 Å². The predicted octanol–water partition coefficient (Wildman–Crippen LogP) is 1.95. The maximum Gasteiger partial charge on any atom is 0.0897 e. The molecule has 84 valence electrons. The Morgan fingerprint density at radius 2 is 2.50 bits per heavy atom. The Labute approximate surface area is 99.1 Å². The van der Waals surface area contributed by atoms with E-state index < -0.39 is 0 Å². The van der Waals surface area contributed by atoms with Gasteiger partial charge in [0, 0.05) is 43.3 Å². The van der Waals surface area contributed by atoms with Crippen LogP contribution in [0.3, 0.4) is 0 Å². The van der Waals surface area contributed by atoms with E-state index in [1.54, 1.807) is 11.3 Å². The molecule has 16 heavy (non-hydrogen) atoms. The van der Waals surface area contributed by atoms with Crippen molar-refractivity contribution in [3.63, 3.8) is 0 Å². The smallest absolute Gasteiger partial charge is 0.0897 e. The Morgan fingerprint density at radius 1 is 1.56 bits per heavy atom. The fraction of sp³-hybridized carbons (Fsp3) is 0.417. The van der Waals surface area contributed by atoms with Crippen LogP contribution in [-0.4, -0.2) is 16.1 Å². The first-order valence-corrected chi connectivity index (χ1v) is 6.49. The summed E-state index contributed by atoms with van der Waals surface area (Å²) in [6.45, 7) is 5.22. The summed E-state index contributed by atoms with van der Waals surface area (Å²) in [6, 6.07) is 2.29. The van der Waals surface area contributed by atoms with Crippen LogP contribution in [0.25, 0.3) is 0 Å². The topological polar surface area (TPSA) is 29.9 Å². The molecule has 1 aliphatic rings. The Balaban J connectivity index is 1.82. The molecule has 0 bridgehead atoms. The van der Waals surface area contributed by atoms with Gasteiger partial charge in [-0.25, -0.2) is 4.98 Å². The second-order valence-corrected chi connectivity index (χ2v) is 5.31. The quantitative estimate of drug-likeness (QED) is 0.859. The molecule has 0 spiro atoms. The molecule has 0 fully saturated rings. The number of aromatic nitrogens is 2. The molecule has 3 nitrogen and oxygen atoms in total. The molecule has 0 unspecified atom stereocenters. The Hall–Kier alpha value is -1.13. The van der Waals surface area contributed by atoms with Crippen LogP contribution in [0.1, 0.15) is 22.0 Å². The van der Waals surface area contributed by atoms with Crippen LogP contribution in [-0.2, 0) is 19.5 Å². The van der Waals surface area contributed by atoms with E-state index in [1.807, 2.05) is 0 Å². The first-order valence-electron chi connectivity index (χ1n) is 5.61. The summed E-state index contributed by atoms with van der Waals surface area (Å²) in [5, 5.41) is 6.70. The van der Waals surface area contributed by atoms with Gasteiger partial charge in [-0.05, 0) is 18.6 Å². The van der Waals surface area contributed by atoms with E-state index in [9.17, 15) is 0 Å². The third-order valence-electron chi connectivity index (χ3n) is 2.93. The summed E-state index contributed by atoms with van der Waals surface area (Å²) >= 11 is 1.73. The summed E-state index contributed by atoms with van der Waals surface area (Å²) in [6.07, 6.45) is 3.23. The highest BCUT2D eigenvalue weighted by molar-refractivity contribution is 7.09. The molecule has 4 heteroatoms. The zero-order valence-corrected chi connectivity index (χ0v) is 10.2. The number of rotatable bonds is 2. The van der Waals surface area contributed by atoms with Gasteiger partial charge in [0.1, 0.15) is 0 Å². The van der Waals surface area contributed by atoms with Crippen LogP contribution in [0.4, 0.5) is 0 Å². The molecule has 2 aromatic heterocycles. The molecule has 1 aliphatic heterocycles. The molecule has 3 heterocycles. The van der Waals surface area contributed by atoms with Crippen LogP contribution in [0.15, 0.2) is 17.6 Å². The van der Waals surface area contributed by atoms with E-state index in [4.69, 9.17) is 0 Å². The number of hydrogen-bond donors (Lipinski definition) is 1. The van der Waals surface area contributed by atoms with Crippen LogP contribution >= 0.6 is 11.3 Å². The molecule has 3 rings (SSSR count). The molecule has 2 aromatic rings. The minimum absolute atomic E-state index is 0.963. The van der Waals surface area contributed by atoms with Crippen LogP contribution in [0, 0.1) is 6.92 Å². The largest absolute Gasteiger partial charge is 0.349 e. The lowest BCUT2D eigenvalue weighted by Gasteiger charge is -2.15. The van der Waals surface area contributed by atoms with Gasteiger partial charge >= 0.3 is 0 Å². The standard InChI is InChI=1S/C12H15N3S/c1-9-14-11(8-16-9)4-10-5-12-6-13-2-3-15(12)7-10/h5,7-8,13H,2-4,6H2,1H3. The van der Waals surface area contributed by atoms with Crippen molar-refractivity contribution >= 4 is 11.3 Å². The lowest BCUT2D eigenvalue weighted by atomic mass is 10.2. The van der Waals surface area contributed by atoms with Gasteiger partial charge in [0.15, 0.2) is 0 Å². The summed E-state index contributed by atoms with van der Waals surface area (Å²) in [7, 11) is 0. The van der Waals surface area contributed by atoms with Crippen molar-refractivity contribution in [3.05, 3.63) is 39.6 Å². The number of nitrogens with zero attached hydrogens (tertiary/aromatic N) is 2. The summed E-state index contributed by atoms with van der Waals surface area (Å²) in [5.41, 5.74) is 3.97. The molecule has 0 saturated heterocycles. The first-order chi connectivity index (χ1) is 7.81. The van der Waals surface area contributed by atoms with Gasteiger partial charge in [-0.1, -0.05) is 0 Å². The van der Waals surface area contributed by atoms with Crippen molar-refractivity contribution in [1.82, 2.24) is 14.9 Å². The minimum Gasteiger partial charge on any atom is -0.349 e. The Bertz CT molecular complexity index is 475. The third kappa shape index (κ3) is 1.90. The van der Waals surface area contributed by atoms with Crippen LogP contribution in [0.5, 0.6) is 0 Å². The molecule has 0 amide bonds. The van der Waals surface area contributed by atoms with Gasteiger partial charge in [-0.15, -0.1) is 11.3 Å². The Kier molecular flexibility index (Phi) is 2.53. The summed E-state index contributed by atoms with van der Waals surface area (Å²) in [5.74, 6) is 0. The first kappa shape index (κ1) is 10.1. The third-order valence-corrected chi connectivity index (χ3v) is 3.75. The average Bonchev–Trinajstić information content (AvgIpc) is 2.84. The number of aryl methyl sites for hydroxylation is 1. The minimum atomic E-state index is 0.963. The fourth-order valence-corrected chi connectivity index (χ4v) is 2.80. The van der Waals surface area contributed by atoms with Crippen molar-refractivity contribution in [2.75, 3.05) is 6.54 Å². The second kappa shape index (κ2) is 4.03. The van der Waals surface area contributed by atoms with Gasteiger partial charge in [0.05, 0.1) is 10.7 Å². The molecule has 0 aliphatic carbocycles. The normalized spacial score (nSPS) is 15.1. The molecule has 0 aromatic carbocycles. The number of fused-ring (bicyclic) bond motifs is 1. The van der Waals surface area contributed by atoms with Crippen molar-refractivity contribution in [2.24, 2.45) is 0 Å². The van der Waals surface area contributed by atoms with E-state index in [2.05, 4.69) is 39.4 Å². The van der Waals surface area contributed by atoms with E-state index >= 15 is 0 Å². The SMILES string of the molecule is Cc1nc(Cc2cc3n(c2)CCNC3)cs1. The zero-order valence-electron chi connectivity index (χ0n) is 9.36. The number of nitrogens with one attached hydrogen (secondary N) is 1. The summed E-state index contributed by atoms with van der Waals surface area (Å²) in [4.78, 5) is 4.51. The molecular formula is C12H15N3S. The number of thiazole rings is 1. The van der Waals surface area contributed by atoms with Crippen molar-refractivity contribution in [2.45, 2.75) is 26.4 Å². The molecule has 1 N–H and O–H groups in total.